The monoisotopic (exact) mass is 236 g/mol. The number of hydrogen-bond acceptors (Lipinski definition) is 3. The predicted octanol–water partition coefficient (Wildman–Crippen LogP) is 2.14. The Labute approximate surface area is 102 Å². The van der Waals surface area contributed by atoms with Crippen LogP contribution in [-0.4, -0.2) is 30.5 Å². The molecule has 3 nitrogen and oxygen atoms in total. The van der Waals surface area contributed by atoms with Crippen LogP contribution >= 0.6 is 0 Å². The Morgan fingerprint density at radius 2 is 1.94 bits per heavy atom. The van der Waals surface area contributed by atoms with Gasteiger partial charge in [-0.25, -0.2) is 0 Å². The topological polar surface area (TPSA) is 38.7 Å². The third kappa shape index (κ3) is 2.31. The number of methoxy groups -OCH3 is 1. The summed E-state index contributed by atoms with van der Waals surface area (Å²) >= 11 is 0. The third-order valence-electron chi connectivity index (χ3n) is 3.53. The van der Waals surface area contributed by atoms with Gasteiger partial charge in [0, 0.05) is 13.5 Å². The van der Waals surface area contributed by atoms with Crippen molar-refractivity contribution in [1.29, 1.82) is 0 Å². The van der Waals surface area contributed by atoms with E-state index >= 15 is 0 Å². The van der Waals surface area contributed by atoms with Crippen molar-refractivity contribution >= 4 is 0 Å². The minimum Gasteiger partial charge on any atom is -0.487 e. The molecule has 1 fully saturated rings. The van der Waals surface area contributed by atoms with E-state index in [0.717, 1.165) is 11.3 Å². The molecule has 0 heterocycles. The lowest BCUT2D eigenvalue weighted by molar-refractivity contribution is -0.149. The van der Waals surface area contributed by atoms with Crippen molar-refractivity contribution < 1.29 is 14.6 Å². The van der Waals surface area contributed by atoms with E-state index in [4.69, 9.17) is 9.47 Å². The highest BCUT2D eigenvalue weighted by Gasteiger charge is 2.42. The fourth-order valence-electron chi connectivity index (χ4n) is 2.27. The second-order valence-corrected chi connectivity index (χ2v) is 4.86. The van der Waals surface area contributed by atoms with Crippen LogP contribution in [-0.2, 0) is 4.74 Å². The lowest BCUT2D eigenvalue weighted by Crippen LogP contribution is -2.54. The minimum atomic E-state index is -0.392. The van der Waals surface area contributed by atoms with Crippen molar-refractivity contribution in [3.05, 3.63) is 28.8 Å². The summed E-state index contributed by atoms with van der Waals surface area (Å²) in [5, 5.41) is 9.53. The largest absolute Gasteiger partial charge is 0.487 e. The molecule has 1 N–H and O–H groups in total. The maximum atomic E-state index is 9.53. The van der Waals surface area contributed by atoms with E-state index in [1.807, 2.05) is 6.07 Å². The van der Waals surface area contributed by atoms with Gasteiger partial charge < -0.3 is 14.6 Å². The summed E-state index contributed by atoms with van der Waals surface area (Å²) in [5.41, 5.74) is 3.58. The molecule has 1 aromatic rings. The summed E-state index contributed by atoms with van der Waals surface area (Å²) in [7, 11) is 1.61. The Kier molecular flexibility index (Phi) is 3.40. The molecule has 1 aliphatic rings. The highest BCUT2D eigenvalue weighted by atomic mass is 16.6. The van der Waals surface area contributed by atoms with Gasteiger partial charge in [0.2, 0.25) is 0 Å². The smallest absolute Gasteiger partial charge is 0.130 e. The molecule has 17 heavy (non-hydrogen) atoms. The van der Waals surface area contributed by atoms with Gasteiger partial charge in [-0.1, -0.05) is 6.07 Å². The molecule has 0 radical (unpaired) electrons. The quantitative estimate of drug-likeness (QED) is 0.874. The van der Waals surface area contributed by atoms with Gasteiger partial charge in [-0.2, -0.15) is 0 Å². The van der Waals surface area contributed by atoms with Crippen LogP contribution in [0.25, 0.3) is 0 Å². The molecule has 0 spiro atoms. The van der Waals surface area contributed by atoms with Gasteiger partial charge in [0.25, 0.3) is 0 Å². The highest BCUT2D eigenvalue weighted by Crippen LogP contribution is 2.31. The van der Waals surface area contributed by atoms with Crippen LogP contribution < -0.4 is 4.74 Å². The molecule has 0 saturated heterocycles. The molecule has 3 atom stereocenters. The summed E-state index contributed by atoms with van der Waals surface area (Å²) in [6.45, 7) is 6.20. The standard InChI is InChI=1S/C14H20O3/c1-8-5-9(2)10(3)12(6-8)17-13-7-11(15)14(13)16-4/h5-6,11,13-15H,7H2,1-4H3. The van der Waals surface area contributed by atoms with Crippen molar-refractivity contribution in [3.8, 4) is 5.75 Å². The average Bonchev–Trinajstić information content (AvgIpc) is 2.24. The first-order valence-electron chi connectivity index (χ1n) is 5.98. The van der Waals surface area contributed by atoms with Gasteiger partial charge in [0.15, 0.2) is 0 Å². The van der Waals surface area contributed by atoms with Crippen molar-refractivity contribution in [2.45, 2.75) is 45.5 Å². The van der Waals surface area contributed by atoms with Gasteiger partial charge in [-0.05, 0) is 43.5 Å². The van der Waals surface area contributed by atoms with Gasteiger partial charge >= 0.3 is 0 Å². The zero-order valence-corrected chi connectivity index (χ0v) is 10.9. The lowest BCUT2D eigenvalue weighted by Gasteiger charge is -2.40. The summed E-state index contributed by atoms with van der Waals surface area (Å²) in [6, 6.07) is 4.19. The number of aliphatic hydroxyl groups excluding tert-OH is 1. The average molecular weight is 236 g/mol. The first kappa shape index (κ1) is 12.4. The van der Waals surface area contributed by atoms with Gasteiger partial charge in [0.1, 0.15) is 18.0 Å². The molecular weight excluding hydrogens is 216 g/mol. The van der Waals surface area contributed by atoms with Crippen LogP contribution in [0.4, 0.5) is 0 Å². The van der Waals surface area contributed by atoms with E-state index in [0.29, 0.717) is 6.42 Å². The first-order chi connectivity index (χ1) is 8.02. The molecule has 3 heteroatoms. The van der Waals surface area contributed by atoms with Gasteiger partial charge in [-0.3, -0.25) is 0 Å². The molecule has 2 rings (SSSR count). The van der Waals surface area contributed by atoms with Crippen molar-refractivity contribution in [3.63, 3.8) is 0 Å². The molecule has 1 aliphatic carbocycles. The van der Waals surface area contributed by atoms with E-state index < -0.39 is 6.10 Å². The number of rotatable bonds is 3. The zero-order valence-electron chi connectivity index (χ0n) is 10.9. The van der Waals surface area contributed by atoms with E-state index in [-0.39, 0.29) is 12.2 Å². The minimum absolute atomic E-state index is 0.0325. The Bertz CT molecular complexity index is 414. The first-order valence-corrected chi connectivity index (χ1v) is 5.98. The predicted molar refractivity (Wildman–Crippen MR) is 66.5 cm³/mol. The molecule has 1 aromatic carbocycles. The van der Waals surface area contributed by atoms with Crippen molar-refractivity contribution in [2.24, 2.45) is 0 Å². The summed E-state index contributed by atoms with van der Waals surface area (Å²) < 4.78 is 11.1. The van der Waals surface area contributed by atoms with Crippen LogP contribution in [0.3, 0.4) is 0 Å². The maximum Gasteiger partial charge on any atom is 0.130 e. The van der Waals surface area contributed by atoms with E-state index in [1.165, 1.54) is 11.1 Å². The number of aliphatic hydroxyl groups is 1. The molecule has 1 saturated carbocycles. The SMILES string of the molecule is COC1C(O)CC1Oc1cc(C)cc(C)c1C. The van der Waals surface area contributed by atoms with E-state index in [9.17, 15) is 5.11 Å². The fourth-order valence-corrected chi connectivity index (χ4v) is 2.27. The van der Waals surface area contributed by atoms with Crippen LogP contribution in [0.1, 0.15) is 23.1 Å². The van der Waals surface area contributed by atoms with E-state index in [2.05, 4.69) is 26.8 Å². The molecular formula is C14H20O3. The second-order valence-electron chi connectivity index (χ2n) is 4.86. The van der Waals surface area contributed by atoms with Crippen molar-refractivity contribution in [2.75, 3.05) is 7.11 Å². The van der Waals surface area contributed by atoms with Crippen LogP contribution in [0.15, 0.2) is 12.1 Å². The van der Waals surface area contributed by atoms with Gasteiger partial charge in [0.05, 0.1) is 6.10 Å². The summed E-state index contributed by atoms with van der Waals surface area (Å²) in [5.74, 6) is 0.904. The van der Waals surface area contributed by atoms with Crippen LogP contribution in [0, 0.1) is 20.8 Å². The molecule has 3 unspecified atom stereocenters. The number of hydrogen-bond donors (Lipinski definition) is 1. The molecule has 94 valence electrons. The lowest BCUT2D eigenvalue weighted by atomic mass is 9.88. The van der Waals surface area contributed by atoms with Gasteiger partial charge in [-0.15, -0.1) is 0 Å². The van der Waals surface area contributed by atoms with E-state index in [1.54, 1.807) is 7.11 Å². The molecule has 0 aromatic heterocycles. The molecule has 0 aliphatic heterocycles. The number of ether oxygens (including phenoxy) is 2. The number of benzene rings is 1. The zero-order chi connectivity index (χ0) is 12.6. The fraction of sp³-hybridized carbons (Fsp3) is 0.571. The Morgan fingerprint density at radius 1 is 1.24 bits per heavy atom. The Morgan fingerprint density at radius 3 is 2.53 bits per heavy atom. The van der Waals surface area contributed by atoms with Crippen molar-refractivity contribution in [1.82, 2.24) is 0 Å². The Hall–Kier alpha value is -1.06. The molecule has 0 bridgehead atoms. The Balaban J connectivity index is 2.14. The third-order valence-corrected chi connectivity index (χ3v) is 3.53. The summed E-state index contributed by atoms with van der Waals surface area (Å²) in [6.07, 6.45) is 0.0200. The second kappa shape index (κ2) is 4.67. The highest BCUT2D eigenvalue weighted by molar-refractivity contribution is 5.42. The summed E-state index contributed by atoms with van der Waals surface area (Å²) in [4.78, 5) is 0. The normalized spacial score (nSPS) is 27.7. The maximum absolute atomic E-state index is 9.53. The van der Waals surface area contributed by atoms with Crippen LogP contribution in [0.5, 0.6) is 5.75 Å². The van der Waals surface area contributed by atoms with Crippen LogP contribution in [0.2, 0.25) is 0 Å². The number of aryl methyl sites for hydroxylation is 2. The molecule has 0 amide bonds.